The van der Waals surface area contributed by atoms with Crippen LogP contribution in [-0.4, -0.2) is 20.7 Å². The Hall–Kier alpha value is -2.15. The van der Waals surface area contributed by atoms with Crippen LogP contribution in [0.3, 0.4) is 0 Å². The summed E-state index contributed by atoms with van der Waals surface area (Å²) >= 11 is 1.57. The fourth-order valence-electron chi connectivity index (χ4n) is 2.05. The summed E-state index contributed by atoms with van der Waals surface area (Å²) in [6.07, 6.45) is 1.35. The van der Waals surface area contributed by atoms with Crippen LogP contribution in [-0.2, 0) is 17.8 Å². The Morgan fingerprint density at radius 3 is 2.71 bits per heavy atom. The fraction of sp³-hybridized carbons (Fsp3) is 0.357. The molecule has 21 heavy (non-hydrogen) atoms. The van der Waals surface area contributed by atoms with Crippen molar-refractivity contribution in [1.29, 1.82) is 0 Å². The van der Waals surface area contributed by atoms with Crippen molar-refractivity contribution in [3.05, 3.63) is 49.3 Å². The van der Waals surface area contributed by atoms with Crippen LogP contribution < -0.4 is 11.0 Å². The smallest absolute Gasteiger partial charge is 0.308 e. The van der Waals surface area contributed by atoms with Gasteiger partial charge in [0.25, 0.3) is 5.56 Å². The highest BCUT2D eigenvalue weighted by molar-refractivity contribution is 7.11. The third-order valence-electron chi connectivity index (χ3n) is 3.16. The number of rotatable bonds is 5. The monoisotopic (exact) mass is 307 g/mol. The average molecular weight is 307 g/mol. The first kappa shape index (κ1) is 15.2. The quantitative estimate of drug-likeness (QED) is 0.876. The van der Waals surface area contributed by atoms with Crippen molar-refractivity contribution in [1.82, 2.24) is 9.66 Å². The lowest BCUT2D eigenvalue weighted by Gasteiger charge is -2.11. The topological polar surface area (TPSA) is 84.2 Å². The van der Waals surface area contributed by atoms with Crippen LogP contribution in [0, 0.1) is 20.8 Å². The van der Waals surface area contributed by atoms with E-state index in [1.165, 1.54) is 4.68 Å². The maximum atomic E-state index is 12.3. The van der Waals surface area contributed by atoms with Crippen molar-refractivity contribution in [2.75, 3.05) is 5.43 Å². The molecule has 0 unspecified atom stereocenters. The molecule has 2 N–H and O–H groups in total. The highest BCUT2D eigenvalue weighted by Crippen LogP contribution is 2.16. The number of aromatic nitrogens is 2. The van der Waals surface area contributed by atoms with Crippen molar-refractivity contribution in [3.63, 3.8) is 0 Å². The molecular weight excluding hydrogens is 290 g/mol. The van der Waals surface area contributed by atoms with Gasteiger partial charge in [0, 0.05) is 16.6 Å². The van der Waals surface area contributed by atoms with Gasteiger partial charge in [-0.2, -0.15) is 0 Å². The van der Waals surface area contributed by atoms with Crippen molar-refractivity contribution in [3.8, 4) is 0 Å². The van der Waals surface area contributed by atoms with Crippen LogP contribution in [0.15, 0.2) is 17.1 Å². The Labute approximate surface area is 126 Å². The van der Waals surface area contributed by atoms with E-state index in [4.69, 9.17) is 5.11 Å². The summed E-state index contributed by atoms with van der Waals surface area (Å²) in [7, 11) is 0. The standard InChI is InChI=1S/C14H17N3O3S/c1-8-4-5-17(14(20)11(8)6-13(18)19)15-7-12-9(2)16-10(3)21-12/h4-5,15H,6-7H2,1-3H3,(H,18,19). The van der Waals surface area contributed by atoms with E-state index in [-0.39, 0.29) is 12.0 Å². The molecule has 2 aromatic rings. The summed E-state index contributed by atoms with van der Waals surface area (Å²) in [5, 5.41) is 9.86. The van der Waals surface area contributed by atoms with Gasteiger partial charge in [0.2, 0.25) is 0 Å². The summed E-state index contributed by atoms with van der Waals surface area (Å²) in [5.74, 6) is -1.01. The number of hydrogen-bond donors (Lipinski definition) is 2. The number of nitrogens with zero attached hydrogens (tertiary/aromatic N) is 2. The summed E-state index contributed by atoms with van der Waals surface area (Å²) in [5.41, 5.74) is 4.61. The largest absolute Gasteiger partial charge is 0.481 e. The predicted octanol–water partition coefficient (Wildman–Crippen LogP) is 1.60. The van der Waals surface area contributed by atoms with Crippen LogP contribution in [0.2, 0.25) is 0 Å². The number of nitrogens with one attached hydrogen (secondary N) is 1. The van der Waals surface area contributed by atoms with Crippen LogP contribution >= 0.6 is 11.3 Å². The summed E-state index contributed by atoms with van der Waals surface area (Å²) < 4.78 is 1.33. The van der Waals surface area contributed by atoms with Crippen LogP contribution in [0.4, 0.5) is 0 Å². The van der Waals surface area contributed by atoms with E-state index in [1.54, 1.807) is 30.5 Å². The molecule has 0 aliphatic rings. The molecular formula is C14H17N3O3S. The molecule has 0 radical (unpaired) electrons. The van der Waals surface area contributed by atoms with E-state index < -0.39 is 5.97 Å². The van der Waals surface area contributed by atoms with Gasteiger partial charge in [-0.3, -0.25) is 9.59 Å². The van der Waals surface area contributed by atoms with Crippen molar-refractivity contribution in [2.45, 2.75) is 33.7 Å². The lowest BCUT2D eigenvalue weighted by Crippen LogP contribution is -2.32. The molecule has 0 aliphatic carbocycles. The third-order valence-corrected chi connectivity index (χ3v) is 4.24. The molecule has 0 amide bonds. The number of thiazole rings is 1. The van der Waals surface area contributed by atoms with E-state index in [2.05, 4.69) is 10.4 Å². The Balaban J connectivity index is 2.23. The highest BCUT2D eigenvalue weighted by Gasteiger charge is 2.11. The van der Waals surface area contributed by atoms with Gasteiger partial charge in [-0.05, 0) is 32.4 Å². The van der Waals surface area contributed by atoms with Crippen molar-refractivity contribution < 1.29 is 9.90 Å². The Bertz CT molecular complexity index is 734. The summed E-state index contributed by atoms with van der Waals surface area (Å²) in [6, 6.07) is 1.73. The first-order valence-electron chi connectivity index (χ1n) is 6.48. The number of pyridine rings is 1. The molecule has 2 rings (SSSR count). The zero-order chi connectivity index (χ0) is 15.6. The fourth-order valence-corrected chi connectivity index (χ4v) is 2.92. The molecule has 112 valence electrons. The second-order valence-corrected chi connectivity index (χ2v) is 6.09. The SMILES string of the molecule is Cc1nc(C)c(CNn2ccc(C)c(CC(=O)O)c2=O)s1. The lowest BCUT2D eigenvalue weighted by atomic mass is 10.1. The minimum absolute atomic E-state index is 0.272. The Morgan fingerprint density at radius 1 is 1.43 bits per heavy atom. The minimum atomic E-state index is -1.01. The number of hydrogen-bond acceptors (Lipinski definition) is 5. The maximum Gasteiger partial charge on any atom is 0.308 e. The van der Waals surface area contributed by atoms with Gasteiger partial charge in [-0.15, -0.1) is 11.3 Å². The zero-order valence-electron chi connectivity index (χ0n) is 12.1. The van der Waals surface area contributed by atoms with Gasteiger partial charge >= 0.3 is 5.97 Å². The zero-order valence-corrected chi connectivity index (χ0v) is 13.0. The molecule has 0 saturated heterocycles. The minimum Gasteiger partial charge on any atom is -0.481 e. The Kier molecular flexibility index (Phi) is 4.42. The van der Waals surface area contributed by atoms with Gasteiger partial charge in [-0.25, -0.2) is 9.66 Å². The van der Waals surface area contributed by atoms with Crippen molar-refractivity contribution in [2.24, 2.45) is 0 Å². The van der Waals surface area contributed by atoms with Gasteiger partial charge in [0.1, 0.15) is 0 Å². The molecule has 7 heteroatoms. The maximum absolute atomic E-state index is 12.3. The van der Waals surface area contributed by atoms with E-state index in [9.17, 15) is 9.59 Å². The number of carboxylic acids is 1. The van der Waals surface area contributed by atoms with Gasteiger partial charge in [-0.1, -0.05) is 0 Å². The van der Waals surface area contributed by atoms with Gasteiger partial charge in [0.05, 0.1) is 23.7 Å². The Morgan fingerprint density at radius 2 is 2.14 bits per heavy atom. The molecule has 0 aliphatic heterocycles. The van der Waals surface area contributed by atoms with E-state index in [1.807, 2.05) is 13.8 Å². The van der Waals surface area contributed by atoms with E-state index >= 15 is 0 Å². The number of carbonyl (C=O) groups is 1. The summed E-state index contributed by atoms with van der Waals surface area (Å²) in [4.78, 5) is 28.5. The molecule has 0 fully saturated rings. The molecule has 6 nitrogen and oxygen atoms in total. The first-order chi connectivity index (χ1) is 9.88. The van der Waals surface area contributed by atoms with Gasteiger partial charge < -0.3 is 10.5 Å². The van der Waals surface area contributed by atoms with E-state index in [0.717, 1.165) is 15.6 Å². The van der Waals surface area contributed by atoms with Crippen molar-refractivity contribution >= 4 is 17.3 Å². The molecule has 0 bridgehead atoms. The lowest BCUT2D eigenvalue weighted by molar-refractivity contribution is -0.136. The second kappa shape index (κ2) is 6.09. The number of aryl methyl sites for hydroxylation is 3. The molecule has 0 spiro atoms. The highest BCUT2D eigenvalue weighted by atomic mass is 32.1. The molecule has 2 heterocycles. The molecule has 2 aromatic heterocycles. The third kappa shape index (κ3) is 3.49. The van der Waals surface area contributed by atoms with Crippen LogP contribution in [0.25, 0.3) is 0 Å². The molecule has 0 saturated carbocycles. The summed E-state index contributed by atoms with van der Waals surface area (Å²) in [6.45, 7) is 6.08. The first-order valence-corrected chi connectivity index (χ1v) is 7.30. The van der Waals surface area contributed by atoms with Crippen LogP contribution in [0.5, 0.6) is 0 Å². The predicted molar refractivity (Wildman–Crippen MR) is 81.4 cm³/mol. The normalized spacial score (nSPS) is 10.6. The molecule has 0 atom stereocenters. The van der Waals surface area contributed by atoms with Crippen LogP contribution in [0.1, 0.15) is 26.7 Å². The number of aliphatic carboxylic acids is 1. The average Bonchev–Trinajstić information content (AvgIpc) is 2.72. The molecule has 0 aromatic carbocycles. The second-order valence-electron chi connectivity index (χ2n) is 4.80. The van der Waals surface area contributed by atoms with E-state index in [0.29, 0.717) is 17.7 Å². The van der Waals surface area contributed by atoms with Gasteiger partial charge in [0.15, 0.2) is 0 Å². The number of carboxylic acid groups (broad SMARTS) is 1.